The molecule has 1 saturated heterocycles. The van der Waals surface area contributed by atoms with Crippen molar-refractivity contribution in [1.82, 2.24) is 9.88 Å². The van der Waals surface area contributed by atoms with Gasteiger partial charge in [-0.1, -0.05) is 25.4 Å². The molecule has 5 heteroatoms. The predicted molar refractivity (Wildman–Crippen MR) is 79.9 cm³/mol. The van der Waals surface area contributed by atoms with Gasteiger partial charge in [-0.05, 0) is 37.3 Å². The number of hydrogen-bond donors (Lipinski definition) is 2. The van der Waals surface area contributed by atoms with Crippen LogP contribution in [0.15, 0.2) is 12.1 Å². The highest BCUT2D eigenvalue weighted by atomic mass is 35.5. The first-order valence-corrected chi connectivity index (χ1v) is 7.25. The molecule has 0 aromatic carbocycles. The van der Waals surface area contributed by atoms with E-state index in [0.29, 0.717) is 22.8 Å². The molecule has 1 aromatic heterocycles. The number of anilines is 1. The molecule has 3 N–H and O–H groups in total. The number of likely N-dealkylation sites (tertiary alicyclic amines) is 1. The first kappa shape index (κ1) is 14.6. The zero-order chi connectivity index (χ0) is 14.0. The van der Waals surface area contributed by atoms with E-state index in [9.17, 15) is 0 Å². The van der Waals surface area contributed by atoms with Crippen LogP contribution >= 0.6 is 11.6 Å². The van der Waals surface area contributed by atoms with Gasteiger partial charge in [0, 0.05) is 19.1 Å². The number of pyridine rings is 1. The van der Waals surface area contributed by atoms with Gasteiger partial charge >= 0.3 is 0 Å². The average Bonchev–Trinajstić information content (AvgIpc) is 2.38. The van der Waals surface area contributed by atoms with Crippen molar-refractivity contribution in [3.05, 3.63) is 22.8 Å². The third-order valence-corrected chi connectivity index (χ3v) is 4.48. The highest BCUT2D eigenvalue weighted by molar-refractivity contribution is 6.31. The number of nitrogens with zero attached hydrogens (tertiary/aromatic N) is 2. The molecule has 0 saturated carbocycles. The monoisotopic (exact) mass is 282 g/mol. The van der Waals surface area contributed by atoms with E-state index in [1.807, 2.05) is 6.07 Å². The number of nitrogens with two attached hydrogens (primary N) is 1. The number of nitrogen functional groups attached to an aromatic ring is 1. The Hall–Kier alpha value is -0.840. The number of rotatable bonds is 3. The molecule has 4 nitrogen and oxygen atoms in total. The summed E-state index contributed by atoms with van der Waals surface area (Å²) in [6.45, 7) is 8.80. The second-order valence-corrected chi connectivity index (χ2v) is 6.16. The molecule has 0 bridgehead atoms. The molecule has 1 aromatic rings. The molecule has 2 heterocycles. The summed E-state index contributed by atoms with van der Waals surface area (Å²) in [5.41, 5.74) is 3.47. The minimum absolute atomic E-state index is 0.559. The molecule has 3 unspecified atom stereocenters. The lowest BCUT2D eigenvalue weighted by atomic mass is 9.86. The minimum atomic E-state index is 0.559. The molecule has 0 radical (unpaired) electrons. The second-order valence-electron chi connectivity index (χ2n) is 5.76. The van der Waals surface area contributed by atoms with E-state index in [1.165, 1.54) is 6.42 Å². The molecule has 1 fully saturated rings. The molecule has 19 heavy (non-hydrogen) atoms. The van der Waals surface area contributed by atoms with Crippen LogP contribution in [0.1, 0.15) is 32.9 Å². The van der Waals surface area contributed by atoms with Gasteiger partial charge in [-0.3, -0.25) is 4.90 Å². The standard InChI is InChI=1S/C14H23ClN4/c1-9-6-10(2)11(3)19(7-9)8-13-12(15)4-5-14(17-13)18-16/h4-5,9-11H,6-8,16H2,1-3H3,(H,17,18). The van der Waals surface area contributed by atoms with Crippen LogP contribution in [-0.2, 0) is 6.54 Å². The van der Waals surface area contributed by atoms with Crippen molar-refractivity contribution in [2.24, 2.45) is 17.7 Å². The number of hydrazine groups is 1. The van der Waals surface area contributed by atoms with Gasteiger partial charge < -0.3 is 5.43 Å². The molecule has 106 valence electrons. The highest BCUT2D eigenvalue weighted by Crippen LogP contribution is 2.29. The normalized spacial score (nSPS) is 28.4. The Bertz CT molecular complexity index is 437. The van der Waals surface area contributed by atoms with Crippen LogP contribution in [0.4, 0.5) is 5.82 Å². The zero-order valence-corrected chi connectivity index (χ0v) is 12.6. The third-order valence-electron chi connectivity index (χ3n) is 4.14. The van der Waals surface area contributed by atoms with Crippen LogP contribution in [0.25, 0.3) is 0 Å². The molecule has 2 rings (SSSR count). The summed E-state index contributed by atoms with van der Waals surface area (Å²) in [7, 11) is 0. The fourth-order valence-electron chi connectivity index (χ4n) is 2.91. The maximum Gasteiger partial charge on any atom is 0.140 e. The summed E-state index contributed by atoms with van der Waals surface area (Å²) in [6.07, 6.45) is 1.29. The smallest absolute Gasteiger partial charge is 0.140 e. The van der Waals surface area contributed by atoms with E-state index in [2.05, 4.69) is 36.1 Å². The Balaban J connectivity index is 2.15. The molecular weight excluding hydrogens is 260 g/mol. The lowest BCUT2D eigenvalue weighted by Gasteiger charge is -2.41. The van der Waals surface area contributed by atoms with Crippen molar-refractivity contribution < 1.29 is 0 Å². The molecule has 0 aliphatic carbocycles. The van der Waals surface area contributed by atoms with Crippen LogP contribution in [-0.4, -0.2) is 22.5 Å². The summed E-state index contributed by atoms with van der Waals surface area (Å²) >= 11 is 6.24. The number of hydrogen-bond acceptors (Lipinski definition) is 4. The largest absolute Gasteiger partial charge is 0.308 e. The predicted octanol–water partition coefficient (Wildman–Crippen LogP) is 2.89. The van der Waals surface area contributed by atoms with Crippen LogP contribution in [0.2, 0.25) is 5.02 Å². The van der Waals surface area contributed by atoms with Gasteiger partial charge in [-0.2, -0.15) is 0 Å². The van der Waals surface area contributed by atoms with Crippen LogP contribution in [0, 0.1) is 11.8 Å². The van der Waals surface area contributed by atoms with Gasteiger partial charge in [0.25, 0.3) is 0 Å². The number of halogens is 1. The SMILES string of the molecule is CC1CC(C)C(C)N(Cc2nc(NN)ccc2Cl)C1. The van der Waals surface area contributed by atoms with Crippen molar-refractivity contribution >= 4 is 17.4 Å². The minimum Gasteiger partial charge on any atom is -0.308 e. The Kier molecular flexibility index (Phi) is 4.66. The van der Waals surface area contributed by atoms with Crippen molar-refractivity contribution in [1.29, 1.82) is 0 Å². The first-order valence-electron chi connectivity index (χ1n) is 6.87. The first-order chi connectivity index (χ1) is 9.01. The van der Waals surface area contributed by atoms with E-state index in [1.54, 1.807) is 6.07 Å². The van der Waals surface area contributed by atoms with Crippen molar-refractivity contribution in [3.8, 4) is 0 Å². The fourth-order valence-corrected chi connectivity index (χ4v) is 3.07. The molecule has 3 atom stereocenters. The Morgan fingerprint density at radius 1 is 1.42 bits per heavy atom. The molecule has 1 aliphatic rings. The lowest BCUT2D eigenvalue weighted by molar-refractivity contribution is 0.0719. The zero-order valence-electron chi connectivity index (χ0n) is 11.9. The van der Waals surface area contributed by atoms with E-state index in [4.69, 9.17) is 17.4 Å². The van der Waals surface area contributed by atoms with E-state index < -0.39 is 0 Å². The second kappa shape index (κ2) is 6.07. The molecule has 0 amide bonds. The van der Waals surface area contributed by atoms with Crippen molar-refractivity contribution in [3.63, 3.8) is 0 Å². The third kappa shape index (κ3) is 3.38. The lowest BCUT2D eigenvalue weighted by Crippen LogP contribution is -2.45. The van der Waals surface area contributed by atoms with E-state index in [-0.39, 0.29) is 0 Å². The average molecular weight is 283 g/mol. The molecule has 1 aliphatic heterocycles. The van der Waals surface area contributed by atoms with Gasteiger partial charge in [-0.15, -0.1) is 0 Å². The summed E-state index contributed by atoms with van der Waals surface area (Å²) < 4.78 is 0. The van der Waals surface area contributed by atoms with Gasteiger partial charge in [-0.25, -0.2) is 10.8 Å². The summed E-state index contributed by atoms with van der Waals surface area (Å²) in [6, 6.07) is 4.20. The summed E-state index contributed by atoms with van der Waals surface area (Å²) in [5.74, 6) is 7.49. The van der Waals surface area contributed by atoms with Crippen LogP contribution in [0.3, 0.4) is 0 Å². The maximum atomic E-state index is 6.24. The van der Waals surface area contributed by atoms with Crippen molar-refractivity contribution in [2.45, 2.75) is 39.8 Å². The van der Waals surface area contributed by atoms with Crippen LogP contribution < -0.4 is 11.3 Å². The van der Waals surface area contributed by atoms with Gasteiger partial charge in [0.05, 0.1) is 10.7 Å². The van der Waals surface area contributed by atoms with E-state index >= 15 is 0 Å². The summed E-state index contributed by atoms with van der Waals surface area (Å²) in [4.78, 5) is 6.93. The summed E-state index contributed by atoms with van der Waals surface area (Å²) in [5, 5.41) is 0.706. The molecular formula is C14H23ClN4. The van der Waals surface area contributed by atoms with Gasteiger partial charge in [0.15, 0.2) is 0 Å². The topological polar surface area (TPSA) is 54.2 Å². The maximum absolute atomic E-state index is 6.24. The van der Waals surface area contributed by atoms with E-state index in [0.717, 1.165) is 24.7 Å². The Morgan fingerprint density at radius 2 is 2.16 bits per heavy atom. The highest BCUT2D eigenvalue weighted by Gasteiger charge is 2.29. The van der Waals surface area contributed by atoms with Gasteiger partial charge in [0.2, 0.25) is 0 Å². The fraction of sp³-hybridized carbons (Fsp3) is 0.643. The number of aromatic nitrogens is 1. The molecule has 0 spiro atoms. The quantitative estimate of drug-likeness (QED) is 0.661. The Morgan fingerprint density at radius 3 is 2.84 bits per heavy atom. The Labute approximate surface area is 120 Å². The number of nitrogens with one attached hydrogen (secondary N) is 1. The van der Waals surface area contributed by atoms with Gasteiger partial charge in [0.1, 0.15) is 5.82 Å². The van der Waals surface area contributed by atoms with Crippen molar-refractivity contribution in [2.75, 3.05) is 12.0 Å². The van der Waals surface area contributed by atoms with Crippen LogP contribution in [0.5, 0.6) is 0 Å². The number of piperidine rings is 1.